The van der Waals surface area contributed by atoms with Gasteiger partial charge in [0.05, 0.1) is 0 Å². The Hall–Kier alpha value is -2.17. The van der Waals surface area contributed by atoms with Crippen LogP contribution in [0.3, 0.4) is 0 Å². The van der Waals surface area contributed by atoms with Crippen LogP contribution in [-0.2, 0) is 11.2 Å². The van der Waals surface area contributed by atoms with E-state index in [0.29, 0.717) is 30.2 Å². The van der Waals surface area contributed by atoms with E-state index < -0.39 is 0 Å². The van der Waals surface area contributed by atoms with Crippen LogP contribution in [0.2, 0.25) is 0 Å². The summed E-state index contributed by atoms with van der Waals surface area (Å²) in [5, 5.41) is 12.2. The van der Waals surface area contributed by atoms with Crippen LogP contribution in [0.25, 0.3) is 0 Å². The largest absolute Gasteiger partial charge is 0.326 e. The van der Waals surface area contributed by atoms with Gasteiger partial charge in [0.1, 0.15) is 11.6 Å². The van der Waals surface area contributed by atoms with Gasteiger partial charge in [0.2, 0.25) is 5.91 Å². The highest BCUT2D eigenvalue weighted by Gasteiger charge is 2.39. The first-order valence-corrected chi connectivity index (χ1v) is 11.5. The molecular formula is C25H36N4O. The summed E-state index contributed by atoms with van der Waals surface area (Å²) in [5.74, 6) is 3.56. The first kappa shape index (κ1) is 21.1. The second kappa shape index (κ2) is 8.16. The SMILES string of the molecule is Cc1ccc(NC(=O)CCc2nnc([C@H]3C[C@@H](CC(C)(C)C)C3)n2C2CC2)c(C)c1. The Kier molecular flexibility index (Phi) is 5.73. The van der Waals surface area contributed by atoms with Crippen molar-refractivity contribution in [3.63, 3.8) is 0 Å². The number of anilines is 1. The minimum atomic E-state index is 0.0442. The van der Waals surface area contributed by atoms with Crippen LogP contribution < -0.4 is 5.32 Å². The molecule has 1 aromatic carbocycles. The molecule has 5 nitrogen and oxygen atoms in total. The number of rotatable bonds is 7. The topological polar surface area (TPSA) is 59.8 Å². The molecule has 0 saturated heterocycles. The van der Waals surface area contributed by atoms with E-state index in [4.69, 9.17) is 0 Å². The van der Waals surface area contributed by atoms with Gasteiger partial charge < -0.3 is 9.88 Å². The zero-order valence-electron chi connectivity index (χ0n) is 19.2. The molecule has 0 atom stereocenters. The highest BCUT2D eigenvalue weighted by atomic mass is 16.1. The van der Waals surface area contributed by atoms with E-state index in [9.17, 15) is 4.79 Å². The lowest BCUT2D eigenvalue weighted by atomic mass is 9.68. The molecule has 0 aliphatic heterocycles. The molecule has 0 radical (unpaired) electrons. The fraction of sp³-hybridized carbons (Fsp3) is 0.640. The zero-order chi connectivity index (χ0) is 21.5. The number of benzene rings is 1. The first-order valence-electron chi connectivity index (χ1n) is 11.5. The van der Waals surface area contributed by atoms with Gasteiger partial charge in [-0.3, -0.25) is 4.79 Å². The number of aryl methyl sites for hydroxylation is 3. The molecule has 1 amide bonds. The van der Waals surface area contributed by atoms with Gasteiger partial charge in [0.15, 0.2) is 0 Å². The normalized spacial score (nSPS) is 21.4. The molecule has 162 valence electrons. The summed E-state index contributed by atoms with van der Waals surface area (Å²) in [6.45, 7) is 11.1. The molecule has 5 heteroatoms. The Morgan fingerprint density at radius 2 is 1.90 bits per heavy atom. The number of nitrogens with zero attached hydrogens (tertiary/aromatic N) is 3. The van der Waals surface area contributed by atoms with Crippen molar-refractivity contribution in [1.29, 1.82) is 0 Å². The maximum atomic E-state index is 12.5. The Labute approximate surface area is 180 Å². The van der Waals surface area contributed by atoms with Crippen molar-refractivity contribution in [2.75, 3.05) is 5.32 Å². The number of hydrogen-bond donors (Lipinski definition) is 1. The van der Waals surface area contributed by atoms with Crippen molar-refractivity contribution in [1.82, 2.24) is 14.8 Å². The van der Waals surface area contributed by atoms with E-state index in [0.717, 1.165) is 23.0 Å². The lowest BCUT2D eigenvalue weighted by Crippen LogP contribution is -2.28. The van der Waals surface area contributed by atoms with E-state index >= 15 is 0 Å². The van der Waals surface area contributed by atoms with Crippen molar-refractivity contribution in [3.8, 4) is 0 Å². The Morgan fingerprint density at radius 3 is 2.53 bits per heavy atom. The molecule has 0 bridgehead atoms. The molecular weight excluding hydrogens is 372 g/mol. The summed E-state index contributed by atoms with van der Waals surface area (Å²) in [6, 6.07) is 6.66. The average Bonchev–Trinajstić information content (AvgIpc) is 3.37. The summed E-state index contributed by atoms with van der Waals surface area (Å²) in [6.07, 6.45) is 7.26. The maximum absolute atomic E-state index is 12.5. The second-order valence-corrected chi connectivity index (χ2v) is 10.7. The van der Waals surface area contributed by atoms with Crippen LogP contribution in [0.5, 0.6) is 0 Å². The molecule has 2 aliphatic carbocycles. The van der Waals surface area contributed by atoms with Gasteiger partial charge in [-0.25, -0.2) is 0 Å². The van der Waals surface area contributed by atoms with Crippen LogP contribution in [0, 0.1) is 25.2 Å². The lowest BCUT2D eigenvalue weighted by Gasteiger charge is -2.38. The maximum Gasteiger partial charge on any atom is 0.224 e. The number of carbonyl (C=O) groups excluding carboxylic acids is 1. The zero-order valence-corrected chi connectivity index (χ0v) is 19.2. The third-order valence-corrected chi connectivity index (χ3v) is 6.44. The highest BCUT2D eigenvalue weighted by Crippen LogP contribution is 2.48. The monoisotopic (exact) mass is 408 g/mol. The first-order chi connectivity index (χ1) is 14.2. The van der Waals surface area contributed by atoms with Gasteiger partial charge in [-0.15, -0.1) is 10.2 Å². The van der Waals surface area contributed by atoms with Crippen LogP contribution in [0.4, 0.5) is 5.69 Å². The molecule has 0 spiro atoms. The third kappa shape index (κ3) is 4.93. The van der Waals surface area contributed by atoms with Crippen LogP contribution in [0.15, 0.2) is 18.2 Å². The molecule has 2 aliphatic rings. The fourth-order valence-corrected chi connectivity index (χ4v) is 4.89. The Balaban J connectivity index is 1.36. The predicted octanol–water partition coefficient (Wildman–Crippen LogP) is 5.73. The standard InChI is InChI=1S/C25H36N4O/c1-16-6-9-21(17(2)12-16)26-23(30)11-10-22-27-28-24(29(22)20-7-8-20)19-13-18(14-19)15-25(3,4)5/h6,9,12,18-20H,7-8,10-11,13-15H2,1-5H3,(H,26,30)/t18-,19+. The molecule has 2 aromatic rings. The highest BCUT2D eigenvalue weighted by molar-refractivity contribution is 5.91. The lowest BCUT2D eigenvalue weighted by molar-refractivity contribution is -0.116. The van der Waals surface area contributed by atoms with Gasteiger partial charge in [-0.2, -0.15) is 0 Å². The van der Waals surface area contributed by atoms with Gasteiger partial charge in [0, 0.05) is 30.5 Å². The molecule has 2 fully saturated rings. The fourth-order valence-electron chi connectivity index (χ4n) is 4.89. The Bertz CT molecular complexity index is 914. The Morgan fingerprint density at radius 1 is 1.17 bits per heavy atom. The third-order valence-electron chi connectivity index (χ3n) is 6.44. The second-order valence-electron chi connectivity index (χ2n) is 10.7. The minimum Gasteiger partial charge on any atom is -0.326 e. The molecule has 4 rings (SSSR count). The molecule has 1 aromatic heterocycles. The molecule has 30 heavy (non-hydrogen) atoms. The van der Waals surface area contributed by atoms with Gasteiger partial charge in [0.25, 0.3) is 0 Å². The summed E-state index contributed by atoms with van der Waals surface area (Å²) in [5.41, 5.74) is 3.60. The molecule has 0 unspecified atom stereocenters. The number of hydrogen-bond acceptors (Lipinski definition) is 3. The van der Waals surface area contributed by atoms with E-state index in [1.54, 1.807) is 0 Å². The number of aromatic nitrogens is 3. The van der Waals surface area contributed by atoms with E-state index in [1.165, 1.54) is 43.5 Å². The summed E-state index contributed by atoms with van der Waals surface area (Å²) < 4.78 is 2.38. The van der Waals surface area contributed by atoms with Crippen molar-refractivity contribution >= 4 is 11.6 Å². The number of amides is 1. The molecule has 1 heterocycles. The van der Waals surface area contributed by atoms with E-state index in [1.807, 2.05) is 19.1 Å². The summed E-state index contributed by atoms with van der Waals surface area (Å²) >= 11 is 0. The smallest absolute Gasteiger partial charge is 0.224 e. The average molecular weight is 409 g/mol. The summed E-state index contributed by atoms with van der Waals surface area (Å²) in [7, 11) is 0. The van der Waals surface area contributed by atoms with Crippen molar-refractivity contribution in [2.45, 2.75) is 91.5 Å². The van der Waals surface area contributed by atoms with Gasteiger partial charge >= 0.3 is 0 Å². The number of nitrogens with one attached hydrogen (secondary N) is 1. The molecule has 2 saturated carbocycles. The quantitative estimate of drug-likeness (QED) is 0.636. The van der Waals surface area contributed by atoms with Crippen LogP contribution in [0.1, 0.15) is 94.0 Å². The minimum absolute atomic E-state index is 0.0442. The predicted molar refractivity (Wildman–Crippen MR) is 121 cm³/mol. The van der Waals surface area contributed by atoms with Crippen LogP contribution in [-0.4, -0.2) is 20.7 Å². The van der Waals surface area contributed by atoms with E-state index in [-0.39, 0.29) is 5.91 Å². The van der Waals surface area contributed by atoms with Crippen molar-refractivity contribution < 1.29 is 4.79 Å². The summed E-state index contributed by atoms with van der Waals surface area (Å²) in [4.78, 5) is 12.5. The van der Waals surface area contributed by atoms with Gasteiger partial charge in [-0.05, 0) is 68.9 Å². The van der Waals surface area contributed by atoms with Crippen molar-refractivity contribution in [3.05, 3.63) is 41.0 Å². The molecule has 1 N–H and O–H groups in total. The van der Waals surface area contributed by atoms with Crippen LogP contribution >= 0.6 is 0 Å². The van der Waals surface area contributed by atoms with Gasteiger partial charge in [-0.1, -0.05) is 38.5 Å². The van der Waals surface area contributed by atoms with Crippen molar-refractivity contribution in [2.24, 2.45) is 11.3 Å². The number of carbonyl (C=O) groups is 1. The van der Waals surface area contributed by atoms with E-state index in [2.05, 4.69) is 53.8 Å².